The number of carbonyl (C=O) groups is 1. The molecule has 0 heterocycles. The van der Waals surface area contributed by atoms with Gasteiger partial charge < -0.3 is 20.1 Å². The number of aryl methyl sites for hydroxylation is 2. The van der Waals surface area contributed by atoms with Crippen LogP contribution in [-0.4, -0.2) is 34.0 Å². The van der Waals surface area contributed by atoms with E-state index < -0.39 is 18.2 Å². The van der Waals surface area contributed by atoms with Crippen molar-refractivity contribution in [2.45, 2.75) is 33.0 Å². The summed E-state index contributed by atoms with van der Waals surface area (Å²) >= 11 is 0. The van der Waals surface area contributed by atoms with Crippen molar-refractivity contribution in [2.24, 2.45) is 0 Å². The number of aliphatic hydroxyl groups is 2. The molecule has 1 aromatic rings. The monoisotopic (exact) mass is 254 g/mol. The van der Waals surface area contributed by atoms with E-state index in [9.17, 15) is 20.1 Å². The number of phenolic OH excluding ortho intramolecular Hbond substituents is 1. The van der Waals surface area contributed by atoms with E-state index in [1.807, 2.05) is 0 Å². The van der Waals surface area contributed by atoms with Gasteiger partial charge in [0, 0.05) is 0 Å². The van der Waals surface area contributed by atoms with Crippen LogP contribution in [0, 0.1) is 13.8 Å². The van der Waals surface area contributed by atoms with Gasteiger partial charge in [0.15, 0.2) is 6.10 Å². The fourth-order valence-electron chi connectivity index (χ4n) is 1.93. The quantitative estimate of drug-likeness (QED) is 0.697. The number of aromatic hydroxyl groups is 1. The average Bonchev–Trinajstić information content (AvgIpc) is 2.26. The Morgan fingerprint density at radius 1 is 1.28 bits per heavy atom. The molecular formula is C13H18O5. The molecule has 0 saturated carbocycles. The first-order valence-electron chi connectivity index (χ1n) is 5.71. The summed E-state index contributed by atoms with van der Waals surface area (Å²) in [4.78, 5) is 11.4. The lowest BCUT2D eigenvalue weighted by atomic mass is 9.94. The first-order valence-corrected chi connectivity index (χ1v) is 5.71. The highest BCUT2D eigenvalue weighted by Gasteiger charge is 2.29. The second kappa shape index (κ2) is 5.84. The number of hydrogen-bond donors (Lipinski definition) is 3. The molecule has 0 spiro atoms. The summed E-state index contributed by atoms with van der Waals surface area (Å²) < 4.78 is 4.65. The van der Waals surface area contributed by atoms with Gasteiger partial charge in [0.25, 0.3) is 0 Å². The Kier molecular flexibility index (Phi) is 4.69. The Bertz CT molecular complexity index is 418. The van der Waals surface area contributed by atoms with Gasteiger partial charge in [-0.05, 0) is 49.6 Å². The van der Waals surface area contributed by atoms with E-state index in [1.54, 1.807) is 20.8 Å². The minimum absolute atomic E-state index is 0.0755. The van der Waals surface area contributed by atoms with Crippen molar-refractivity contribution in [2.75, 3.05) is 6.61 Å². The van der Waals surface area contributed by atoms with Crippen LogP contribution in [0.2, 0.25) is 0 Å². The summed E-state index contributed by atoms with van der Waals surface area (Å²) in [5, 5.41) is 29.1. The predicted molar refractivity (Wildman–Crippen MR) is 65.2 cm³/mol. The number of rotatable bonds is 4. The smallest absolute Gasteiger partial charge is 0.338 e. The van der Waals surface area contributed by atoms with Crippen molar-refractivity contribution in [1.82, 2.24) is 0 Å². The molecule has 0 aliphatic rings. The molecule has 0 fully saturated rings. The molecule has 5 heteroatoms. The summed E-state index contributed by atoms with van der Waals surface area (Å²) in [6, 6.07) is 2.92. The minimum atomic E-state index is -1.63. The molecule has 0 saturated heterocycles. The first-order chi connectivity index (χ1) is 8.38. The van der Waals surface area contributed by atoms with E-state index in [0.717, 1.165) is 0 Å². The SMILES string of the molecule is CCOC(=O)C(O)C(O)c1c(C)cc(O)cc1C. The third-order valence-electron chi connectivity index (χ3n) is 2.70. The molecule has 2 unspecified atom stereocenters. The van der Waals surface area contributed by atoms with E-state index in [2.05, 4.69) is 4.74 Å². The van der Waals surface area contributed by atoms with Gasteiger partial charge in [-0.2, -0.15) is 0 Å². The maximum Gasteiger partial charge on any atom is 0.338 e. The highest BCUT2D eigenvalue weighted by atomic mass is 16.5. The highest BCUT2D eigenvalue weighted by Crippen LogP contribution is 2.28. The lowest BCUT2D eigenvalue weighted by Gasteiger charge is -2.20. The number of esters is 1. The molecule has 1 aromatic carbocycles. The molecule has 100 valence electrons. The van der Waals surface area contributed by atoms with Gasteiger partial charge in [0.05, 0.1) is 6.61 Å². The first kappa shape index (κ1) is 14.5. The number of ether oxygens (including phenoxy) is 1. The van der Waals surface area contributed by atoms with Crippen LogP contribution in [0.3, 0.4) is 0 Å². The molecule has 1 rings (SSSR count). The Morgan fingerprint density at radius 2 is 1.78 bits per heavy atom. The molecule has 0 amide bonds. The van der Waals surface area contributed by atoms with Gasteiger partial charge in [-0.25, -0.2) is 4.79 Å². The van der Waals surface area contributed by atoms with E-state index >= 15 is 0 Å². The molecule has 0 radical (unpaired) electrons. The Labute approximate surface area is 106 Å². The molecule has 5 nitrogen and oxygen atoms in total. The summed E-state index contributed by atoms with van der Waals surface area (Å²) in [5.74, 6) is -0.788. The number of aliphatic hydroxyl groups excluding tert-OH is 2. The molecule has 18 heavy (non-hydrogen) atoms. The van der Waals surface area contributed by atoms with Crippen molar-refractivity contribution in [1.29, 1.82) is 0 Å². The number of hydrogen-bond acceptors (Lipinski definition) is 5. The van der Waals surface area contributed by atoms with Crippen molar-refractivity contribution in [3.63, 3.8) is 0 Å². The van der Waals surface area contributed by atoms with Gasteiger partial charge in [-0.3, -0.25) is 0 Å². The van der Waals surface area contributed by atoms with Crippen LogP contribution in [0.4, 0.5) is 0 Å². The standard InChI is InChI=1S/C13H18O5/c1-4-18-13(17)12(16)11(15)10-7(2)5-9(14)6-8(10)3/h5-6,11-12,14-16H,4H2,1-3H3. The molecule has 0 aromatic heterocycles. The van der Waals surface area contributed by atoms with Crippen molar-refractivity contribution in [3.8, 4) is 5.75 Å². The minimum Gasteiger partial charge on any atom is -0.508 e. The molecule has 3 N–H and O–H groups in total. The largest absolute Gasteiger partial charge is 0.508 e. The van der Waals surface area contributed by atoms with Gasteiger partial charge in [0.1, 0.15) is 11.9 Å². The van der Waals surface area contributed by atoms with Crippen LogP contribution in [-0.2, 0) is 9.53 Å². The van der Waals surface area contributed by atoms with Crippen LogP contribution in [0.1, 0.15) is 29.7 Å². The third kappa shape index (κ3) is 3.00. The average molecular weight is 254 g/mol. The van der Waals surface area contributed by atoms with Crippen LogP contribution >= 0.6 is 0 Å². The third-order valence-corrected chi connectivity index (χ3v) is 2.70. The second-order valence-corrected chi connectivity index (χ2v) is 4.13. The molecule has 0 aliphatic heterocycles. The van der Waals surface area contributed by atoms with E-state index in [4.69, 9.17) is 0 Å². The lowest BCUT2D eigenvalue weighted by molar-refractivity contribution is -0.159. The number of phenols is 1. The van der Waals surface area contributed by atoms with Crippen LogP contribution in [0.15, 0.2) is 12.1 Å². The van der Waals surface area contributed by atoms with Crippen LogP contribution in [0.25, 0.3) is 0 Å². The molecular weight excluding hydrogens is 236 g/mol. The van der Waals surface area contributed by atoms with Crippen LogP contribution in [0.5, 0.6) is 5.75 Å². The van der Waals surface area contributed by atoms with Gasteiger partial charge in [-0.1, -0.05) is 0 Å². The summed E-state index contributed by atoms with van der Waals surface area (Å²) in [5.41, 5.74) is 1.63. The summed E-state index contributed by atoms with van der Waals surface area (Å²) in [6.07, 6.45) is -3.00. The fraction of sp³-hybridized carbons (Fsp3) is 0.462. The van der Waals surface area contributed by atoms with Crippen molar-refractivity contribution < 1.29 is 24.9 Å². The number of benzene rings is 1. The molecule has 0 bridgehead atoms. The Balaban J connectivity index is 3.03. The van der Waals surface area contributed by atoms with Gasteiger partial charge >= 0.3 is 5.97 Å². The van der Waals surface area contributed by atoms with Gasteiger partial charge in [0.2, 0.25) is 0 Å². The zero-order valence-electron chi connectivity index (χ0n) is 10.7. The maximum atomic E-state index is 11.4. The summed E-state index contributed by atoms with van der Waals surface area (Å²) in [6.45, 7) is 5.12. The Morgan fingerprint density at radius 3 is 2.22 bits per heavy atom. The lowest BCUT2D eigenvalue weighted by Crippen LogP contribution is -2.30. The summed E-state index contributed by atoms with van der Waals surface area (Å²) in [7, 11) is 0. The van der Waals surface area contributed by atoms with E-state index in [0.29, 0.717) is 16.7 Å². The fourth-order valence-corrected chi connectivity index (χ4v) is 1.93. The molecule has 2 atom stereocenters. The Hall–Kier alpha value is -1.59. The number of carbonyl (C=O) groups excluding carboxylic acids is 1. The van der Waals surface area contributed by atoms with Crippen molar-refractivity contribution in [3.05, 3.63) is 28.8 Å². The topological polar surface area (TPSA) is 87.0 Å². The zero-order chi connectivity index (χ0) is 13.9. The van der Waals surface area contributed by atoms with Crippen molar-refractivity contribution >= 4 is 5.97 Å². The highest BCUT2D eigenvalue weighted by molar-refractivity contribution is 5.75. The molecule has 0 aliphatic carbocycles. The van der Waals surface area contributed by atoms with Crippen LogP contribution < -0.4 is 0 Å². The maximum absolute atomic E-state index is 11.4. The zero-order valence-corrected chi connectivity index (χ0v) is 10.7. The van der Waals surface area contributed by atoms with E-state index in [-0.39, 0.29) is 12.4 Å². The van der Waals surface area contributed by atoms with E-state index in [1.165, 1.54) is 12.1 Å². The van der Waals surface area contributed by atoms with Gasteiger partial charge in [-0.15, -0.1) is 0 Å². The predicted octanol–water partition coefficient (Wildman–Crippen LogP) is 0.966. The normalized spacial score (nSPS) is 14.1. The second-order valence-electron chi connectivity index (χ2n) is 4.13.